The third-order valence-corrected chi connectivity index (χ3v) is 4.07. The Morgan fingerprint density at radius 3 is 2.57 bits per heavy atom. The Morgan fingerprint density at radius 1 is 1.30 bits per heavy atom. The highest BCUT2D eigenvalue weighted by molar-refractivity contribution is 6.01. The fourth-order valence-electron chi connectivity index (χ4n) is 3.01. The number of hydrogen-bond donors (Lipinski definition) is 1. The van der Waals surface area contributed by atoms with Crippen molar-refractivity contribution in [1.29, 1.82) is 0 Å². The number of pyridine rings is 1. The summed E-state index contributed by atoms with van der Waals surface area (Å²) >= 11 is 0. The zero-order chi connectivity index (χ0) is 16.6. The van der Waals surface area contributed by atoms with Crippen LogP contribution in [0.25, 0.3) is 11.3 Å². The zero-order valence-electron chi connectivity index (χ0n) is 12.7. The Bertz CT molecular complexity index is 743. The van der Waals surface area contributed by atoms with E-state index in [0.717, 1.165) is 25.6 Å². The molecular formula is C17H17F2N3O. The minimum Gasteiger partial charge on any atom is -0.369 e. The molecule has 2 aromatic rings. The van der Waals surface area contributed by atoms with Crippen LogP contribution in [0.3, 0.4) is 0 Å². The number of hydrogen-bond acceptors (Lipinski definition) is 3. The second-order valence-electron chi connectivity index (χ2n) is 5.92. The molecule has 1 saturated heterocycles. The highest BCUT2D eigenvalue weighted by Crippen LogP contribution is 2.35. The maximum atomic E-state index is 13.6. The molecule has 0 radical (unpaired) electrons. The Hall–Kier alpha value is -2.50. The minimum absolute atomic E-state index is 0.292. The third-order valence-electron chi connectivity index (χ3n) is 4.07. The fourth-order valence-corrected chi connectivity index (χ4v) is 3.01. The van der Waals surface area contributed by atoms with Crippen molar-refractivity contribution in [3.05, 3.63) is 47.7 Å². The number of nitrogens with two attached hydrogens (primary N) is 1. The second kappa shape index (κ2) is 5.95. The Morgan fingerprint density at radius 2 is 2.00 bits per heavy atom. The molecule has 2 heterocycles. The van der Waals surface area contributed by atoms with E-state index in [-0.39, 0.29) is 0 Å². The molecule has 4 nitrogen and oxygen atoms in total. The van der Waals surface area contributed by atoms with Crippen molar-refractivity contribution in [1.82, 2.24) is 4.98 Å². The molecule has 0 spiro atoms. The number of primary amides is 1. The van der Waals surface area contributed by atoms with Crippen molar-refractivity contribution in [2.24, 2.45) is 11.7 Å². The highest BCUT2D eigenvalue weighted by atomic mass is 19.1. The van der Waals surface area contributed by atoms with E-state index in [4.69, 9.17) is 5.73 Å². The van der Waals surface area contributed by atoms with E-state index < -0.39 is 17.5 Å². The Kier molecular flexibility index (Phi) is 3.98. The number of carbonyl (C=O) groups excluding carboxylic acids is 1. The first kappa shape index (κ1) is 15.4. The van der Waals surface area contributed by atoms with Crippen LogP contribution in [0.1, 0.15) is 23.7 Å². The molecule has 0 aliphatic carbocycles. The number of halogens is 2. The van der Waals surface area contributed by atoms with Crippen molar-refractivity contribution >= 4 is 11.6 Å². The number of benzene rings is 1. The van der Waals surface area contributed by atoms with Crippen LogP contribution in [-0.4, -0.2) is 24.0 Å². The SMILES string of the molecule is CC1CCN(c2c(C(N)=O)ccnc2-c2cc(F)cc(F)c2)C1. The molecule has 120 valence electrons. The summed E-state index contributed by atoms with van der Waals surface area (Å²) < 4.78 is 27.1. The van der Waals surface area contributed by atoms with Crippen LogP contribution < -0.4 is 10.6 Å². The van der Waals surface area contributed by atoms with E-state index in [0.29, 0.717) is 28.4 Å². The number of carbonyl (C=O) groups is 1. The van der Waals surface area contributed by atoms with Gasteiger partial charge in [0.05, 0.1) is 16.9 Å². The van der Waals surface area contributed by atoms with E-state index in [1.54, 1.807) is 6.07 Å². The van der Waals surface area contributed by atoms with E-state index >= 15 is 0 Å². The predicted molar refractivity (Wildman–Crippen MR) is 84.1 cm³/mol. The van der Waals surface area contributed by atoms with Crippen molar-refractivity contribution in [3.8, 4) is 11.3 Å². The van der Waals surface area contributed by atoms with Gasteiger partial charge in [0.15, 0.2) is 0 Å². The van der Waals surface area contributed by atoms with Gasteiger partial charge in [0, 0.05) is 30.9 Å². The normalized spacial score (nSPS) is 17.5. The van der Waals surface area contributed by atoms with Gasteiger partial charge in [0.25, 0.3) is 5.91 Å². The lowest BCUT2D eigenvalue weighted by atomic mass is 10.0. The number of rotatable bonds is 3. The van der Waals surface area contributed by atoms with Gasteiger partial charge in [0.1, 0.15) is 11.6 Å². The van der Waals surface area contributed by atoms with Gasteiger partial charge in [-0.2, -0.15) is 0 Å². The van der Waals surface area contributed by atoms with Crippen LogP contribution in [0.5, 0.6) is 0 Å². The summed E-state index contributed by atoms with van der Waals surface area (Å²) in [6, 6.07) is 4.76. The maximum absolute atomic E-state index is 13.6. The molecule has 3 rings (SSSR count). The topological polar surface area (TPSA) is 59.2 Å². The van der Waals surface area contributed by atoms with Gasteiger partial charge >= 0.3 is 0 Å². The highest BCUT2D eigenvalue weighted by Gasteiger charge is 2.26. The molecule has 0 bridgehead atoms. The smallest absolute Gasteiger partial charge is 0.250 e. The summed E-state index contributed by atoms with van der Waals surface area (Å²) in [5.74, 6) is -1.49. The lowest BCUT2D eigenvalue weighted by Gasteiger charge is -2.23. The average molecular weight is 317 g/mol. The summed E-state index contributed by atoms with van der Waals surface area (Å²) in [5, 5.41) is 0. The van der Waals surface area contributed by atoms with Gasteiger partial charge in [-0.25, -0.2) is 8.78 Å². The summed E-state index contributed by atoms with van der Waals surface area (Å²) in [4.78, 5) is 18.1. The van der Waals surface area contributed by atoms with Gasteiger partial charge in [-0.05, 0) is 30.5 Å². The van der Waals surface area contributed by atoms with Crippen LogP contribution in [-0.2, 0) is 0 Å². The molecule has 1 aromatic heterocycles. The Balaban J connectivity index is 2.20. The van der Waals surface area contributed by atoms with Crippen molar-refractivity contribution in [3.63, 3.8) is 0 Å². The van der Waals surface area contributed by atoms with E-state index in [9.17, 15) is 13.6 Å². The molecule has 1 atom stereocenters. The summed E-state index contributed by atoms with van der Waals surface area (Å²) in [7, 11) is 0. The van der Waals surface area contributed by atoms with Crippen molar-refractivity contribution in [2.75, 3.05) is 18.0 Å². The van der Waals surface area contributed by atoms with Crippen molar-refractivity contribution in [2.45, 2.75) is 13.3 Å². The zero-order valence-corrected chi connectivity index (χ0v) is 12.7. The van der Waals surface area contributed by atoms with Crippen LogP contribution in [0.15, 0.2) is 30.5 Å². The molecule has 0 saturated carbocycles. The monoisotopic (exact) mass is 317 g/mol. The van der Waals surface area contributed by atoms with E-state index in [2.05, 4.69) is 11.9 Å². The van der Waals surface area contributed by atoms with Gasteiger partial charge in [0.2, 0.25) is 0 Å². The van der Waals surface area contributed by atoms with E-state index in [1.807, 2.05) is 4.90 Å². The molecule has 2 N–H and O–H groups in total. The number of nitrogens with zero attached hydrogens (tertiary/aromatic N) is 2. The summed E-state index contributed by atoms with van der Waals surface area (Å²) in [5.41, 5.74) is 7.01. The van der Waals surface area contributed by atoms with Crippen LogP contribution in [0.4, 0.5) is 14.5 Å². The molecule has 1 amide bonds. The summed E-state index contributed by atoms with van der Waals surface area (Å²) in [6.45, 7) is 3.61. The van der Waals surface area contributed by atoms with Crippen LogP contribution in [0.2, 0.25) is 0 Å². The molecule has 23 heavy (non-hydrogen) atoms. The van der Waals surface area contributed by atoms with Gasteiger partial charge in [-0.1, -0.05) is 6.92 Å². The van der Waals surface area contributed by atoms with E-state index in [1.165, 1.54) is 18.3 Å². The Labute approximate surface area is 132 Å². The van der Waals surface area contributed by atoms with Crippen LogP contribution in [0, 0.1) is 17.6 Å². The lowest BCUT2D eigenvalue weighted by molar-refractivity contribution is 0.100. The molecule has 1 aliphatic rings. The molecule has 6 heteroatoms. The number of anilines is 1. The minimum atomic E-state index is -0.688. The largest absolute Gasteiger partial charge is 0.369 e. The average Bonchev–Trinajstić information content (AvgIpc) is 2.91. The maximum Gasteiger partial charge on any atom is 0.250 e. The first-order valence-corrected chi connectivity index (χ1v) is 7.46. The van der Waals surface area contributed by atoms with Gasteiger partial charge in [-0.15, -0.1) is 0 Å². The van der Waals surface area contributed by atoms with Crippen LogP contribution >= 0.6 is 0 Å². The first-order chi connectivity index (χ1) is 11.0. The summed E-state index contributed by atoms with van der Waals surface area (Å²) in [6.07, 6.45) is 2.41. The lowest BCUT2D eigenvalue weighted by Crippen LogP contribution is -2.25. The quantitative estimate of drug-likeness (QED) is 0.947. The van der Waals surface area contributed by atoms with Gasteiger partial charge in [-0.3, -0.25) is 9.78 Å². The standard InChI is InChI=1S/C17H17F2N3O/c1-10-3-5-22(9-10)16-14(17(20)23)2-4-21-15(16)11-6-12(18)8-13(19)7-11/h2,4,6-8,10H,3,5,9H2,1H3,(H2,20,23). The molecule has 1 unspecified atom stereocenters. The third kappa shape index (κ3) is 3.02. The molecular weight excluding hydrogens is 300 g/mol. The predicted octanol–water partition coefficient (Wildman–Crippen LogP) is 2.97. The van der Waals surface area contributed by atoms with Gasteiger partial charge < -0.3 is 10.6 Å². The molecule has 1 fully saturated rings. The number of amides is 1. The fraction of sp³-hybridized carbons (Fsp3) is 0.294. The molecule has 1 aromatic carbocycles. The number of aromatic nitrogens is 1. The van der Waals surface area contributed by atoms with Crippen molar-refractivity contribution < 1.29 is 13.6 Å². The molecule has 1 aliphatic heterocycles. The second-order valence-corrected chi connectivity index (χ2v) is 5.92. The first-order valence-electron chi connectivity index (χ1n) is 7.46.